The van der Waals surface area contributed by atoms with Crippen LogP contribution in [0.5, 0.6) is 11.5 Å². The minimum absolute atomic E-state index is 0.143. The van der Waals surface area contributed by atoms with Crippen molar-refractivity contribution in [2.45, 2.75) is 0 Å². The van der Waals surface area contributed by atoms with Crippen LogP contribution in [0.15, 0.2) is 54.6 Å². The van der Waals surface area contributed by atoms with Gasteiger partial charge in [-0.3, -0.25) is 4.79 Å². The molecule has 0 aliphatic carbocycles. The molecule has 2 rings (SSSR count). The number of carbonyl (C=O) groups excluding carboxylic acids is 1. The smallest absolute Gasteiger partial charge is 0.230 e. The molecule has 0 amide bonds. The molecule has 0 bridgehead atoms. The Bertz CT molecular complexity index is 463. The van der Waals surface area contributed by atoms with Gasteiger partial charge in [-0.2, -0.15) is 0 Å². The first kappa shape index (κ1) is 11.2. The van der Waals surface area contributed by atoms with Crippen LogP contribution in [0, 0.1) is 0 Å². The maximum Gasteiger partial charge on any atom is 0.230 e. The minimum atomic E-state index is 0.143. The Labute approximate surface area is 99.6 Å². The molecule has 2 aromatic carbocycles. The van der Waals surface area contributed by atoms with Crippen molar-refractivity contribution in [3.63, 3.8) is 0 Å². The van der Waals surface area contributed by atoms with Gasteiger partial charge < -0.3 is 9.47 Å². The summed E-state index contributed by atoms with van der Waals surface area (Å²) in [5.41, 5.74) is 0.626. The van der Waals surface area contributed by atoms with Crippen molar-refractivity contribution >= 4 is 6.29 Å². The molecule has 0 radical (unpaired) electrons. The maximum atomic E-state index is 10.5. The first-order chi connectivity index (χ1) is 8.38. The van der Waals surface area contributed by atoms with E-state index in [4.69, 9.17) is 9.47 Å². The summed E-state index contributed by atoms with van der Waals surface area (Å²) in [5.74, 6) is 1.43. The molecule has 0 aliphatic rings. The molecular weight excluding hydrogens is 216 g/mol. The zero-order valence-electron chi connectivity index (χ0n) is 9.21. The second kappa shape index (κ2) is 5.70. The highest BCUT2D eigenvalue weighted by Crippen LogP contribution is 2.12. The number of aldehydes is 1. The summed E-state index contributed by atoms with van der Waals surface area (Å²) in [6.45, 7) is 0.143. The van der Waals surface area contributed by atoms with E-state index >= 15 is 0 Å². The lowest BCUT2D eigenvalue weighted by molar-refractivity contribution is 0.112. The number of hydrogen-bond acceptors (Lipinski definition) is 3. The average Bonchev–Trinajstić information content (AvgIpc) is 2.41. The summed E-state index contributed by atoms with van der Waals surface area (Å²) >= 11 is 0. The number of rotatable bonds is 5. The highest BCUT2D eigenvalue weighted by atomic mass is 16.7. The first-order valence-electron chi connectivity index (χ1n) is 5.24. The van der Waals surface area contributed by atoms with Gasteiger partial charge in [0.1, 0.15) is 17.8 Å². The van der Waals surface area contributed by atoms with Crippen molar-refractivity contribution in [3.8, 4) is 11.5 Å². The zero-order chi connectivity index (χ0) is 11.9. The van der Waals surface area contributed by atoms with E-state index in [1.807, 2.05) is 30.3 Å². The molecule has 0 fully saturated rings. The van der Waals surface area contributed by atoms with E-state index in [0.717, 1.165) is 12.0 Å². The Morgan fingerprint density at radius 1 is 0.824 bits per heavy atom. The van der Waals surface area contributed by atoms with Gasteiger partial charge in [0, 0.05) is 5.56 Å². The fourth-order valence-corrected chi connectivity index (χ4v) is 1.32. The molecule has 3 nitrogen and oxygen atoms in total. The molecule has 0 atom stereocenters. The van der Waals surface area contributed by atoms with Crippen LogP contribution in [0.2, 0.25) is 0 Å². The fraction of sp³-hybridized carbons (Fsp3) is 0.0714. The van der Waals surface area contributed by atoms with E-state index in [1.165, 1.54) is 0 Å². The third-order valence-corrected chi connectivity index (χ3v) is 2.21. The summed E-state index contributed by atoms with van der Waals surface area (Å²) in [4.78, 5) is 10.5. The van der Waals surface area contributed by atoms with Crippen LogP contribution in [0.25, 0.3) is 0 Å². The molecule has 0 saturated heterocycles. The second-order valence-corrected chi connectivity index (χ2v) is 3.41. The van der Waals surface area contributed by atoms with E-state index in [2.05, 4.69) is 0 Å². The fourth-order valence-electron chi connectivity index (χ4n) is 1.32. The van der Waals surface area contributed by atoms with Gasteiger partial charge in [-0.1, -0.05) is 18.2 Å². The number of benzene rings is 2. The van der Waals surface area contributed by atoms with E-state index < -0.39 is 0 Å². The SMILES string of the molecule is O=Cc1ccc(OCOc2ccccc2)cc1. The molecule has 2 aromatic rings. The van der Waals surface area contributed by atoms with Gasteiger partial charge in [0.2, 0.25) is 6.79 Å². The monoisotopic (exact) mass is 228 g/mol. The van der Waals surface area contributed by atoms with Gasteiger partial charge in [-0.05, 0) is 36.4 Å². The number of ether oxygens (including phenoxy) is 2. The van der Waals surface area contributed by atoms with E-state index in [-0.39, 0.29) is 6.79 Å². The summed E-state index contributed by atoms with van der Waals surface area (Å²) < 4.78 is 10.7. The molecule has 17 heavy (non-hydrogen) atoms. The minimum Gasteiger partial charge on any atom is -0.458 e. The molecule has 86 valence electrons. The summed E-state index contributed by atoms with van der Waals surface area (Å²) in [7, 11) is 0. The summed E-state index contributed by atoms with van der Waals surface area (Å²) in [6, 6.07) is 16.3. The van der Waals surface area contributed by atoms with E-state index in [0.29, 0.717) is 11.3 Å². The van der Waals surface area contributed by atoms with Crippen molar-refractivity contribution in [1.82, 2.24) is 0 Å². The van der Waals surface area contributed by atoms with Gasteiger partial charge in [0.25, 0.3) is 0 Å². The average molecular weight is 228 g/mol. The van der Waals surface area contributed by atoms with Crippen molar-refractivity contribution in [2.24, 2.45) is 0 Å². The molecule has 0 aromatic heterocycles. The molecule has 0 unspecified atom stereocenters. The quantitative estimate of drug-likeness (QED) is 0.583. The zero-order valence-corrected chi connectivity index (χ0v) is 9.21. The number of para-hydroxylation sites is 1. The van der Waals surface area contributed by atoms with Crippen molar-refractivity contribution in [1.29, 1.82) is 0 Å². The van der Waals surface area contributed by atoms with Gasteiger partial charge in [0.15, 0.2) is 0 Å². The van der Waals surface area contributed by atoms with Gasteiger partial charge in [-0.15, -0.1) is 0 Å². The third kappa shape index (κ3) is 3.34. The lowest BCUT2D eigenvalue weighted by Gasteiger charge is -2.08. The van der Waals surface area contributed by atoms with Gasteiger partial charge in [0.05, 0.1) is 0 Å². The van der Waals surface area contributed by atoms with Crippen molar-refractivity contribution in [2.75, 3.05) is 6.79 Å². The molecule has 0 N–H and O–H groups in total. The molecule has 0 aliphatic heterocycles. The maximum absolute atomic E-state index is 10.5. The van der Waals surface area contributed by atoms with E-state index in [9.17, 15) is 4.79 Å². The molecule has 3 heteroatoms. The highest BCUT2D eigenvalue weighted by Gasteiger charge is 1.95. The normalized spacial score (nSPS) is 9.65. The molecule has 0 heterocycles. The van der Waals surface area contributed by atoms with Crippen molar-refractivity contribution < 1.29 is 14.3 Å². The Kier molecular flexibility index (Phi) is 3.76. The van der Waals surface area contributed by atoms with Crippen molar-refractivity contribution in [3.05, 3.63) is 60.2 Å². The first-order valence-corrected chi connectivity index (χ1v) is 5.24. The van der Waals surface area contributed by atoms with E-state index in [1.54, 1.807) is 24.3 Å². The molecule has 0 spiro atoms. The predicted octanol–water partition coefficient (Wildman–Crippen LogP) is 2.91. The Morgan fingerprint density at radius 3 is 2.00 bits per heavy atom. The third-order valence-electron chi connectivity index (χ3n) is 2.21. The van der Waals surface area contributed by atoms with Gasteiger partial charge in [-0.25, -0.2) is 0 Å². The van der Waals surface area contributed by atoms with Crippen LogP contribution >= 0.6 is 0 Å². The Balaban J connectivity index is 1.84. The van der Waals surface area contributed by atoms with Crippen LogP contribution in [0.3, 0.4) is 0 Å². The van der Waals surface area contributed by atoms with Crippen LogP contribution in [0.4, 0.5) is 0 Å². The van der Waals surface area contributed by atoms with Crippen LogP contribution in [-0.4, -0.2) is 13.1 Å². The second-order valence-electron chi connectivity index (χ2n) is 3.41. The van der Waals surface area contributed by atoms with Crippen LogP contribution in [-0.2, 0) is 0 Å². The van der Waals surface area contributed by atoms with Gasteiger partial charge >= 0.3 is 0 Å². The topological polar surface area (TPSA) is 35.5 Å². The Hall–Kier alpha value is -2.29. The standard InChI is InChI=1S/C14H12O3/c15-10-12-6-8-14(9-7-12)17-11-16-13-4-2-1-3-5-13/h1-10H,11H2. The largest absolute Gasteiger partial charge is 0.458 e. The lowest BCUT2D eigenvalue weighted by Crippen LogP contribution is -2.05. The number of carbonyl (C=O) groups is 1. The Morgan fingerprint density at radius 2 is 1.41 bits per heavy atom. The summed E-state index contributed by atoms with van der Waals surface area (Å²) in [6.07, 6.45) is 0.796. The highest BCUT2D eigenvalue weighted by molar-refractivity contribution is 5.74. The predicted molar refractivity (Wildman–Crippen MR) is 64.4 cm³/mol. The summed E-state index contributed by atoms with van der Waals surface area (Å²) in [5, 5.41) is 0. The van der Waals surface area contributed by atoms with Crippen LogP contribution in [0.1, 0.15) is 10.4 Å². The van der Waals surface area contributed by atoms with Crippen LogP contribution < -0.4 is 9.47 Å². The molecule has 0 saturated carbocycles. The lowest BCUT2D eigenvalue weighted by atomic mass is 10.2. The number of hydrogen-bond donors (Lipinski definition) is 0. The molecular formula is C14H12O3.